The Hall–Kier alpha value is -1.59. The highest BCUT2D eigenvalue weighted by atomic mass is 16.5. The summed E-state index contributed by atoms with van der Waals surface area (Å²) >= 11 is 0. The van der Waals surface area contributed by atoms with Gasteiger partial charge in [-0.05, 0) is 12.1 Å². The van der Waals surface area contributed by atoms with Crippen molar-refractivity contribution in [3.8, 4) is 5.75 Å². The van der Waals surface area contributed by atoms with E-state index in [2.05, 4.69) is 4.90 Å². The number of carbonyl (C=O) groups is 1. The molecule has 17 heavy (non-hydrogen) atoms. The first-order valence-corrected chi connectivity index (χ1v) is 5.57. The minimum atomic E-state index is 0.0284. The maximum atomic E-state index is 10.8. The van der Waals surface area contributed by atoms with Crippen molar-refractivity contribution in [1.29, 1.82) is 0 Å². The number of nitrogen functional groups attached to an aromatic ring is 1. The number of ether oxygens (including phenoxy) is 1. The molecule has 1 fully saturated rings. The first-order valence-electron chi connectivity index (χ1n) is 5.57. The molecule has 0 atom stereocenters. The molecule has 0 spiro atoms. The number of nitrogens with zero attached hydrogens (tertiary/aromatic N) is 1. The molecule has 0 saturated carbocycles. The Balaban J connectivity index is 2.19. The van der Waals surface area contributed by atoms with Crippen molar-refractivity contribution >= 4 is 12.0 Å². The Kier molecular flexibility index (Phi) is 3.61. The number of anilines is 1. The Labute approximate surface area is 99.8 Å². The van der Waals surface area contributed by atoms with Gasteiger partial charge < -0.3 is 15.6 Å². The fourth-order valence-corrected chi connectivity index (χ4v) is 1.96. The standard InChI is InChI=1S/C12H16N2O3/c13-11-5-9(12(16)10(6-11)8-15)7-14-1-3-17-4-2-14/h5-6,8,16H,1-4,7,13H2. The monoisotopic (exact) mass is 236 g/mol. The number of hydrogen-bond donors (Lipinski definition) is 2. The molecule has 0 aromatic heterocycles. The van der Waals surface area contributed by atoms with Crippen molar-refractivity contribution in [2.75, 3.05) is 32.0 Å². The molecule has 1 saturated heterocycles. The van der Waals surface area contributed by atoms with Crippen LogP contribution in [0.5, 0.6) is 5.75 Å². The summed E-state index contributed by atoms with van der Waals surface area (Å²) in [6.45, 7) is 3.63. The number of benzene rings is 1. The second kappa shape index (κ2) is 5.16. The molecule has 92 valence electrons. The van der Waals surface area contributed by atoms with Gasteiger partial charge in [0.1, 0.15) is 5.75 Å². The van der Waals surface area contributed by atoms with Crippen LogP contribution in [0.2, 0.25) is 0 Å². The van der Waals surface area contributed by atoms with Crippen molar-refractivity contribution in [2.24, 2.45) is 0 Å². The van der Waals surface area contributed by atoms with Gasteiger partial charge in [0.2, 0.25) is 0 Å². The second-order valence-corrected chi connectivity index (χ2v) is 4.12. The number of aromatic hydroxyl groups is 1. The molecule has 1 aromatic rings. The Morgan fingerprint density at radius 2 is 2.12 bits per heavy atom. The molecule has 0 unspecified atom stereocenters. The van der Waals surface area contributed by atoms with Crippen LogP contribution in [-0.4, -0.2) is 42.6 Å². The number of phenols is 1. The Morgan fingerprint density at radius 3 is 2.76 bits per heavy atom. The fourth-order valence-electron chi connectivity index (χ4n) is 1.96. The van der Waals surface area contributed by atoms with E-state index >= 15 is 0 Å². The molecule has 0 bridgehead atoms. The molecule has 1 aliphatic heterocycles. The highest BCUT2D eigenvalue weighted by Crippen LogP contribution is 2.26. The molecule has 2 rings (SSSR count). The summed E-state index contributed by atoms with van der Waals surface area (Å²) < 4.78 is 5.25. The van der Waals surface area contributed by atoms with Crippen LogP contribution in [0.1, 0.15) is 15.9 Å². The normalized spacial score (nSPS) is 16.9. The third-order valence-electron chi connectivity index (χ3n) is 2.87. The van der Waals surface area contributed by atoms with Crippen molar-refractivity contribution < 1.29 is 14.6 Å². The molecule has 0 radical (unpaired) electrons. The molecule has 1 aliphatic rings. The average molecular weight is 236 g/mol. The highest BCUT2D eigenvalue weighted by Gasteiger charge is 2.15. The molecule has 1 aromatic carbocycles. The predicted octanol–water partition coefficient (Wildman–Crippen LogP) is 0.619. The zero-order chi connectivity index (χ0) is 12.3. The second-order valence-electron chi connectivity index (χ2n) is 4.12. The van der Waals surface area contributed by atoms with Crippen LogP contribution in [0.25, 0.3) is 0 Å². The largest absolute Gasteiger partial charge is 0.507 e. The van der Waals surface area contributed by atoms with Gasteiger partial charge in [0.25, 0.3) is 0 Å². The quantitative estimate of drug-likeness (QED) is 0.457. The van der Waals surface area contributed by atoms with E-state index in [4.69, 9.17) is 10.5 Å². The van der Waals surface area contributed by atoms with Crippen molar-refractivity contribution in [2.45, 2.75) is 6.54 Å². The van der Waals surface area contributed by atoms with Crippen molar-refractivity contribution in [3.63, 3.8) is 0 Å². The molecular weight excluding hydrogens is 220 g/mol. The lowest BCUT2D eigenvalue weighted by molar-refractivity contribution is 0.0339. The minimum absolute atomic E-state index is 0.0284. The number of hydrogen-bond acceptors (Lipinski definition) is 5. The first-order chi connectivity index (χ1) is 8.20. The fraction of sp³-hybridized carbons (Fsp3) is 0.417. The van der Waals surface area contributed by atoms with Gasteiger partial charge in [0.05, 0.1) is 18.8 Å². The van der Waals surface area contributed by atoms with Crippen LogP contribution >= 0.6 is 0 Å². The third-order valence-corrected chi connectivity index (χ3v) is 2.87. The van der Waals surface area contributed by atoms with E-state index in [-0.39, 0.29) is 11.3 Å². The number of carbonyl (C=O) groups excluding carboxylic acids is 1. The summed E-state index contributed by atoms with van der Waals surface area (Å²) in [5.41, 5.74) is 7.12. The molecular formula is C12H16N2O3. The number of morpholine rings is 1. The van der Waals surface area contributed by atoms with Crippen LogP contribution in [-0.2, 0) is 11.3 Å². The first kappa shape index (κ1) is 11.9. The van der Waals surface area contributed by atoms with E-state index < -0.39 is 0 Å². The number of aldehydes is 1. The molecule has 0 amide bonds. The van der Waals surface area contributed by atoms with Crippen LogP contribution < -0.4 is 5.73 Å². The molecule has 1 heterocycles. The minimum Gasteiger partial charge on any atom is -0.507 e. The Bertz CT molecular complexity index is 414. The molecule has 0 aliphatic carbocycles. The van der Waals surface area contributed by atoms with Gasteiger partial charge in [-0.2, -0.15) is 0 Å². The SMILES string of the molecule is Nc1cc(C=O)c(O)c(CN2CCOCC2)c1. The van der Waals surface area contributed by atoms with Gasteiger partial charge in [-0.15, -0.1) is 0 Å². The van der Waals surface area contributed by atoms with E-state index in [1.54, 1.807) is 6.07 Å². The summed E-state index contributed by atoms with van der Waals surface area (Å²) in [6, 6.07) is 3.18. The summed E-state index contributed by atoms with van der Waals surface area (Å²) in [7, 11) is 0. The molecule has 3 N–H and O–H groups in total. The number of rotatable bonds is 3. The predicted molar refractivity (Wildman–Crippen MR) is 64.0 cm³/mol. The topological polar surface area (TPSA) is 75.8 Å². The van der Waals surface area contributed by atoms with Gasteiger partial charge in [-0.3, -0.25) is 9.69 Å². The van der Waals surface area contributed by atoms with E-state index in [1.165, 1.54) is 6.07 Å². The lowest BCUT2D eigenvalue weighted by Gasteiger charge is -2.27. The maximum absolute atomic E-state index is 10.8. The highest BCUT2D eigenvalue weighted by molar-refractivity contribution is 5.82. The van der Waals surface area contributed by atoms with Crippen LogP contribution in [0.15, 0.2) is 12.1 Å². The summed E-state index contributed by atoms with van der Waals surface area (Å²) in [6.07, 6.45) is 0.620. The van der Waals surface area contributed by atoms with Gasteiger partial charge in [0.15, 0.2) is 6.29 Å². The summed E-state index contributed by atoms with van der Waals surface area (Å²) in [4.78, 5) is 12.9. The zero-order valence-electron chi connectivity index (χ0n) is 9.56. The lowest BCUT2D eigenvalue weighted by atomic mass is 10.1. The van der Waals surface area contributed by atoms with Crippen molar-refractivity contribution in [1.82, 2.24) is 4.90 Å². The van der Waals surface area contributed by atoms with Crippen molar-refractivity contribution in [3.05, 3.63) is 23.3 Å². The zero-order valence-corrected chi connectivity index (χ0v) is 9.56. The van der Waals surface area contributed by atoms with E-state index in [0.717, 1.165) is 13.1 Å². The Morgan fingerprint density at radius 1 is 1.41 bits per heavy atom. The summed E-state index contributed by atoms with van der Waals surface area (Å²) in [5.74, 6) is 0.0284. The average Bonchev–Trinajstić information content (AvgIpc) is 2.34. The van der Waals surface area contributed by atoms with E-state index in [0.29, 0.717) is 37.3 Å². The third kappa shape index (κ3) is 2.75. The number of phenolic OH excluding ortho intramolecular Hbond substituents is 1. The van der Waals surface area contributed by atoms with Gasteiger partial charge in [0, 0.05) is 30.9 Å². The van der Waals surface area contributed by atoms with Crippen LogP contribution in [0.3, 0.4) is 0 Å². The number of nitrogens with two attached hydrogens (primary N) is 1. The summed E-state index contributed by atoms with van der Waals surface area (Å²) in [5, 5.41) is 9.90. The van der Waals surface area contributed by atoms with Gasteiger partial charge in [-0.1, -0.05) is 0 Å². The van der Waals surface area contributed by atoms with Crippen LogP contribution in [0, 0.1) is 0 Å². The molecule has 5 heteroatoms. The van der Waals surface area contributed by atoms with Crippen LogP contribution in [0.4, 0.5) is 5.69 Å². The van der Waals surface area contributed by atoms with Gasteiger partial charge >= 0.3 is 0 Å². The molecule has 5 nitrogen and oxygen atoms in total. The maximum Gasteiger partial charge on any atom is 0.153 e. The van der Waals surface area contributed by atoms with E-state index in [9.17, 15) is 9.90 Å². The smallest absolute Gasteiger partial charge is 0.153 e. The van der Waals surface area contributed by atoms with Gasteiger partial charge in [-0.25, -0.2) is 0 Å². The lowest BCUT2D eigenvalue weighted by Crippen LogP contribution is -2.35. The van der Waals surface area contributed by atoms with E-state index in [1.807, 2.05) is 0 Å².